The molecule has 1 nitrogen and oxygen atoms in total. The SMILES string of the molecule is CCNC(c1ccc(Br)c(C)c1)C1CC(C)CC(C)C1. The van der Waals surface area contributed by atoms with E-state index >= 15 is 0 Å². The third kappa shape index (κ3) is 3.85. The molecule has 0 bridgehead atoms. The van der Waals surface area contributed by atoms with E-state index in [0.29, 0.717) is 6.04 Å². The molecular formula is C18H28BrN. The number of nitrogens with one attached hydrogen (secondary N) is 1. The van der Waals surface area contributed by atoms with Crippen LogP contribution in [-0.2, 0) is 0 Å². The first kappa shape index (κ1) is 16.0. The van der Waals surface area contributed by atoms with Gasteiger partial charge in [-0.15, -0.1) is 0 Å². The number of hydrogen-bond donors (Lipinski definition) is 1. The maximum atomic E-state index is 3.74. The molecule has 0 amide bonds. The third-order valence-corrected chi connectivity index (χ3v) is 5.54. The lowest BCUT2D eigenvalue weighted by Crippen LogP contribution is -2.33. The average molecular weight is 338 g/mol. The van der Waals surface area contributed by atoms with E-state index in [0.717, 1.165) is 24.3 Å². The molecule has 1 saturated carbocycles. The fourth-order valence-electron chi connectivity index (χ4n) is 3.92. The Morgan fingerprint density at radius 2 is 1.85 bits per heavy atom. The van der Waals surface area contributed by atoms with Crippen molar-refractivity contribution < 1.29 is 0 Å². The van der Waals surface area contributed by atoms with Gasteiger partial charge in [-0.25, -0.2) is 0 Å². The van der Waals surface area contributed by atoms with Gasteiger partial charge in [-0.2, -0.15) is 0 Å². The standard InChI is InChI=1S/C18H28BrN/c1-5-20-18(15-6-7-17(19)14(4)11-15)16-9-12(2)8-13(3)10-16/h6-7,11-13,16,18,20H,5,8-10H2,1-4H3. The summed E-state index contributed by atoms with van der Waals surface area (Å²) >= 11 is 3.61. The summed E-state index contributed by atoms with van der Waals surface area (Å²) in [7, 11) is 0. The molecule has 1 fully saturated rings. The van der Waals surface area contributed by atoms with Crippen molar-refractivity contribution in [1.82, 2.24) is 5.32 Å². The predicted octanol–water partition coefficient (Wildman–Crippen LogP) is 5.48. The predicted molar refractivity (Wildman–Crippen MR) is 91.0 cm³/mol. The molecule has 0 radical (unpaired) electrons. The number of hydrogen-bond acceptors (Lipinski definition) is 1. The van der Waals surface area contributed by atoms with Crippen molar-refractivity contribution in [2.75, 3.05) is 6.54 Å². The molecule has 1 N–H and O–H groups in total. The summed E-state index contributed by atoms with van der Waals surface area (Å²) in [6.45, 7) is 10.3. The Bertz CT molecular complexity index is 433. The largest absolute Gasteiger partial charge is 0.310 e. The van der Waals surface area contributed by atoms with Crippen LogP contribution in [0.25, 0.3) is 0 Å². The minimum Gasteiger partial charge on any atom is -0.310 e. The highest BCUT2D eigenvalue weighted by Crippen LogP contribution is 2.40. The van der Waals surface area contributed by atoms with Gasteiger partial charge in [-0.1, -0.05) is 48.8 Å². The van der Waals surface area contributed by atoms with Crippen molar-refractivity contribution in [3.8, 4) is 0 Å². The number of benzene rings is 1. The van der Waals surface area contributed by atoms with E-state index in [9.17, 15) is 0 Å². The zero-order valence-corrected chi connectivity index (χ0v) is 14.8. The van der Waals surface area contributed by atoms with E-state index in [1.807, 2.05) is 0 Å². The molecular weight excluding hydrogens is 310 g/mol. The Hall–Kier alpha value is -0.340. The molecule has 1 aliphatic rings. The molecule has 1 aliphatic carbocycles. The van der Waals surface area contributed by atoms with Crippen LogP contribution in [0.1, 0.15) is 57.2 Å². The fourth-order valence-corrected chi connectivity index (χ4v) is 4.17. The second-order valence-corrected chi connectivity index (χ2v) is 7.58. The van der Waals surface area contributed by atoms with Crippen LogP contribution < -0.4 is 5.32 Å². The van der Waals surface area contributed by atoms with E-state index in [-0.39, 0.29) is 0 Å². The lowest BCUT2D eigenvalue weighted by atomic mass is 9.72. The Morgan fingerprint density at radius 3 is 2.40 bits per heavy atom. The Labute approximate surface area is 132 Å². The van der Waals surface area contributed by atoms with Gasteiger partial charge in [0.05, 0.1) is 0 Å². The maximum absolute atomic E-state index is 3.74. The second kappa shape index (κ2) is 7.09. The normalized spacial score (nSPS) is 28.4. The Morgan fingerprint density at radius 1 is 1.20 bits per heavy atom. The summed E-state index contributed by atoms with van der Waals surface area (Å²) < 4.78 is 1.21. The highest BCUT2D eigenvalue weighted by atomic mass is 79.9. The maximum Gasteiger partial charge on any atom is 0.0348 e. The van der Waals surface area contributed by atoms with Crippen LogP contribution in [0.15, 0.2) is 22.7 Å². The van der Waals surface area contributed by atoms with Crippen LogP contribution in [0.2, 0.25) is 0 Å². The molecule has 0 heterocycles. The van der Waals surface area contributed by atoms with Gasteiger partial charge in [0.25, 0.3) is 0 Å². The molecule has 0 aromatic heterocycles. The zero-order valence-electron chi connectivity index (χ0n) is 13.2. The van der Waals surface area contributed by atoms with Crippen LogP contribution >= 0.6 is 15.9 Å². The average Bonchev–Trinajstić information content (AvgIpc) is 2.38. The molecule has 3 atom stereocenters. The smallest absolute Gasteiger partial charge is 0.0348 e. The molecule has 112 valence electrons. The van der Waals surface area contributed by atoms with Gasteiger partial charge in [0.1, 0.15) is 0 Å². The highest BCUT2D eigenvalue weighted by Gasteiger charge is 2.30. The summed E-state index contributed by atoms with van der Waals surface area (Å²) in [5.74, 6) is 2.50. The van der Waals surface area contributed by atoms with Crippen molar-refractivity contribution in [2.45, 2.75) is 53.0 Å². The zero-order chi connectivity index (χ0) is 14.7. The van der Waals surface area contributed by atoms with Crippen LogP contribution in [0.5, 0.6) is 0 Å². The van der Waals surface area contributed by atoms with Crippen molar-refractivity contribution in [3.63, 3.8) is 0 Å². The summed E-state index contributed by atoms with van der Waals surface area (Å²) in [6, 6.07) is 7.34. The van der Waals surface area contributed by atoms with E-state index in [1.54, 1.807) is 0 Å². The van der Waals surface area contributed by atoms with Crippen LogP contribution in [-0.4, -0.2) is 6.54 Å². The molecule has 2 heteroatoms. The molecule has 0 aliphatic heterocycles. The summed E-state index contributed by atoms with van der Waals surface area (Å²) in [4.78, 5) is 0. The molecule has 0 spiro atoms. The van der Waals surface area contributed by atoms with Crippen LogP contribution in [0.3, 0.4) is 0 Å². The van der Waals surface area contributed by atoms with Crippen molar-refractivity contribution in [2.24, 2.45) is 17.8 Å². The van der Waals surface area contributed by atoms with Crippen molar-refractivity contribution in [3.05, 3.63) is 33.8 Å². The summed E-state index contributed by atoms with van der Waals surface area (Å²) in [5, 5.41) is 3.74. The third-order valence-electron chi connectivity index (χ3n) is 4.65. The molecule has 3 unspecified atom stereocenters. The van der Waals surface area contributed by atoms with Gasteiger partial charge < -0.3 is 5.32 Å². The highest BCUT2D eigenvalue weighted by molar-refractivity contribution is 9.10. The molecule has 0 saturated heterocycles. The molecule has 1 aromatic rings. The first-order valence-corrected chi connectivity index (χ1v) is 8.80. The number of halogens is 1. The quantitative estimate of drug-likeness (QED) is 0.766. The summed E-state index contributed by atoms with van der Waals surface area (Å²) in [6.07, 6.45) is 4.11. The van der Waals surface area contributed by atoms with Gasteiger partial charge >= 0.3 is 0 Å². The second-order valence-electron chi connectivity index (χ2n) is 6.72. The minimum absolute atomic E-state index is 0.511. The number of aryl methyl sites for hydroxylation is 1. The Kier molecular flexibility index (Phi) is 5.68. The van der Waals surface area contributed by atoms with Gasteiger partial charge in [-0.05, 0) is 67.7 Å². The minimum atomic E-state index is 0.511. The fraction of sp³-hybridized carbons (Fsp3) is 0.667. The summed E-state index contributed by atoms with van der Waals surface area (Å²) in [5.41, 5.74) is 2.79. The van der Waals surface area contributed by atoms with Gasteiger partial charge in [0, 0.05) is 10.5 Å². The molecule has 20 heavy (non-hydrogen) atoms. The van der Waals surface area contributed by atoms with Crippen molar-refractivity contribution in [1.29, 1.82) is 0 Å². The van der Waals surface area contributed by atoms with E-state index in [1.165, 1.54) is 34.9 Å². The van der Waals surface area contributed by atoms with Crippen LogP contribution in [0.4, 0.5) is 0 Å². The first-order valence-electron chi connectivity index (χ1n) is 8.00. The lowest BCUT2D eigenvalue weighted by molar-refractivity contribution is 0.177. The molecule has 2 rings (SSSR count). The topological polar surface area (TPSA) is 12.0 Å². The Balaban J connectivity index is 2.23. The van der Waals surface area contributed by atoms with Gasteiger partial charge in [-0.3, -0.25) is 0 Å². The van der Waals surface area contributed by atoms with E-state index in [2.05, 4.69) is 67.1 Å². The first-order chi connectivity index (χ1) is 9.51. The van der Waals surface area contributed by atoms with Crippen LogP contribution in [0, 0.1) is 24.7 Å². The molecule has 1 aromatic carbocycles. The van der Waals surface area contributed by atoms with Crippen molar-refractivity contribution >= 4 is 15.9 Å². The monoisotopic (exact) mass is 337 g/mol. The van der Waals surface area contributed by atoms with E-state index < -0.39 is 0 Å². The van der Waals surface area contributed by atoms with Gasteiger partial charge in [0.15, 0.2) is 0 Å². The van der Waals surface area contributed by atoms with Gasteiger partial charge in [0.2, 0.25) is 0 Å². The van der Waals surface area contributed by atoms with E-state index in [4.69, 9.17) is 0 Å². The lowest BCUT2D eigenvalue weighted by Gasteiger charge is -2.37. The number of rotatable bonds is 4.